The van der Waals surface area contributed by atoms with Crippen molar-refractivity contribution in [1.29, 1.82) is 0 Å². The molecule has 3 rings (SSSR count). The highest BCUT2D eigenvalue weighted by molar-refractivity contribution is 5.96. The maximum Gasteiger partial charge on any atom is 0.253 e. The van der Waals surface area contributed by atoms with Gasteiger partial charge in [0.1, 0.15) is 17.7 Å². The molecular formula is C23H22N2O4. The molecule has 0 aliphatic heterocycles. The van der Waals surface area contributed by atoms with Gasteiger partial charge in [-0.1, -0.05) is 36.4 Å². The summed E-state index contributed by atoms with van der Waals surface area (Å²) in [4.78, 5) is 25.5. The highest BCUT2D eigenvalue weighted by atomic mass is 16.5. The van der Waals surface area contributed by atoms with Crippen LogP contribution in [0.1, 0.15) is 32.4 Å². The van der Waals surface area contributed by atoms with Gasteiger partial charge in [0.05, 0.1) is 14.2 Å². The molecule has 0 unspecified atom stereocenters. The van der Waals surface area contributed by atoms with Gasteiger partial charge in [0.15, 0.2) is 0 Å². The number of nitrogens with one attached hydrogen (secondary N) is 2. The van der Waals surface area contributed by atoms with Crippen LogP contribution in [0.4, 0.5) is 0 Å². The first-order valence-corrected chi connectivity index (χ1v) is 9.06. The van der Waals surface area contributed by atoms with Crippen molar-refractivity contribution in [2.45, 2.75) is 6.17 Å². The van der Waals surface area contributed by atoms with Gasteiger partial charge in [-0.3, -0.25) is 9.59 Å². The van der Waals surface area contributed by atoms with Gasteiger partial charge in [0, 0.05) is 22.8 Å². The van der Waals surface area contributed by atoms with Gasteiger partial charge in [-0.15, -0.1) is 0 Å². The Morgan fingerprint density at radius 2 is 1.24 bits per heavy atom. The van der Waals surface area contributed by atoms with E-state index in [9.17, 15) is 9.59 Å². The number of methoxy groups -OCH3 is 2. The lowest BCUT2D eigenvalue weighted by molar-refractivity contribution is 0.0882. The zero-order valence-electron chi connectivity index (χ0n) is 16.2. The predicted octanol–water partition coefficient (Wildman–Crippen LogP) is 3.56. The molecule has 29 heavy (non-hydrogen) atoms. The quantitative estimate of drug-likeness (QED) is 0.605. The molecule has 0 aliphatic rings. The van der Waals surface area contributed by atoms with Crippen LogP contribution in [-0.4, -0.2) is 26.0 Å². The number of hydrogen-bond donors (Lipinski definition) is 2. The summed E-state index contributed by atoms with van der Waals surface area (Å²) < 4.78 is 10.7. The normalized spacial score (nSPS) is 10.3. The molecule has 2 N–H and O–H groups in total. The maximum atomic E-state index is 12.7. The Kier molecular flexibility index (Phi) is 6.47. The highest BCUT2D eigenvalue weighted by Gasteiger charge is 2.22. The van der Waals surface area contributed by atoms with Crippen molar-refractivity contribution in [2.24, 2.45) is 0 Å². The van der Waals surface area contributed by atoms with Crippen molar-refractivity contribution >= 4 is 11.8 Å². The number of carbonyl (C=O) groups is 2. The summed E-state index contributed by atoms with van der Waals surface area (Å²) in [5, 5.41) is 5.74. The van der Waals surface area contributed by atoms with Crippen LogP contribution in [0.25, 0.3) is 0 Å². The lowest BCUT2D eigenvalue weighted by Crippen LogP contribution is -2.41. The molecule has 0 atom stereocenters. The lowest BCUT2D eigenvalue weighted by Gasteiger charge is -2.23. The van der Waals surface area contributed by atoms with Gasteiger partial charge >= 0.3 is 0 Å². The van der Waals surface area contributed by atoms with Crippen molar-refractivity contribution in [2.75, 3.05) is 14.2 Å². The zero-order valence-corrected chi connectivity index (χ0v) is 16.2. The molecule has 0 aliphatic carbocycles. The Morgan fingerprint density at radius 3 is 1.69 bits per heavy atom. The topological polar surface area (TPSA) is 76.7 Å². The Balaban J connectivity index is 1.93. The number of benzene rings is 3. The van der Waals surface area contributed by atoms with E-state index in [1.54, 1.807) is 73.8 Å². The van der Waals surface area contributed by atoms with Gasteiger partial charge in [-0.05, 0) is 36.4 Å². The number of rotatable bonds is 7. The van der Waals surface area contributed by atoms with Crippen molar-refractivity contribution in [3.05, 3.63) is 95.6 Å². The first-order valence-electron chi connectivity index (χ1n) is 9.06. The van der Waals surface area contributed by atoms with Gasteiger partial charge < -0.3 is 20.1 Å². The monoisotopic (exact) mass is 390 g/mol. The molecule has 3 aromatic rings. The molecule has 0 radical (unpaired) electrons. The summed E-state index contributed by atoms with van der Waals surface area (Å²) in [6.07, 6.45) is -0.809. The average molecular weight is 390 g/mol. The Morgan fingerprint density at radius 1 is 0.724 bits per heavy atom. The van der Waals surface area contributed by atoms with Gasteiger partial charge in [0.25, 0.3) is 11.8 Å². The van der Waals surface area contributed by atoms with Crippen molar-refractivity contribution in [1.82, 2.24) is 10.6 Å². The Hall–Kier alpha value is -3.80. The minimum Gasteiger partial charge on any atom is -0.497 e. The molecule has 6 heteroatoms. The molecular weight excluding hydrogens is 368 g/mol. The van der Waals surface area contributed by atoms with Crippen LogP contribution in [0.3, 0.4) is 0 Å². The molecule has 0 bridgehead atoms. The summed E-state index contributed by atoms with van der Waals surface area (Å²) in [6.45, 7) is 0. The number of ether oxygens (including phenoxy) is 2. The minimum absolute atomic E-state index is 0.318. The third kappa shape index (κ3) is 4.93. The SMILES string of the molecule is COc1ccc(C(NC(=O)c2ccccc2)NC(=O)c2ccccc2)c(OC)c1. The van der Waals surface area contributed by atoms with E-state index in [2.05, 4.69) is 10.6 Å². The third-order valence-corrected chi connectivity index (χ3v) is 4.37. The number of hydrogen-bond acceptors (Lipinski definition) is 4. The van der Waals surface area contributed by atoms with Crippen molar-refractivity contribution < 1.29 is 19.1 Å². The van der Waals surface area contributed by atoms with Crippen LogP contribution in [0.2, 0.25) is 0 Å². The van der Waals surface area contributed by atoms with E-state index in [1.807, 2.05) is 12.1 Å². The summed E-state index contributed by atoms with van der Waals surface area (Å²) in [6, 6.07) is 22.8. The van der Waals surface area contributed by atoms with E-state index < -0.39 is 6.17 Å². The van der Waals surface area contributed by atoms with Gasteiger partial charge in [0.2, 0.25) is 0 Å². The summed E-state index contributed by atoms with van der Waals surface area (Å²) in [7, 11) is 3.08. The number of carbonyl (C=O) groups excluding carboxylic acids is 2. The molecule has 148 valence electrons. The summed E-state index contributed by atoms with van der Waals surface area (Å²) >= 11 is 0. The molecule has 0 heterocycles. The van der Waals surface area contributed by atoms with Crippen LogP contribution in [0, 0.1) is 0 Å². The Bertz CT molecular complexity index is 921. The first kappa shape index (κ1) is 19.9. The molecule has 0 fully saturated rings. The van der Waals surface area contributed by atoms with E-state index in [4.69, 9.17) is 9.47 Å². The largest absolute Gasteiger partial charge is 0.497 e. The van der Waals surface area contributed by atoms with E-state index in [0.717, 1.165) is 0 Å². The summed E-state index contributed by atoms with van der Waals surface area (Å²) in [5.74, 6) is 0.452. The van der Waals surface area contributed by atoms with Crippen LogP contribution in [0.5, 0.6) is 11.5 Å². The second-order valence-corrected chi connectivity index (χ2v) is 6.22. The lowest BCUT2D eigenvalue weighted by atomic mass is 10.1. The predicted molar refractivity (Wildman–Crippen MR) is 110 cm³/mol. The van der Waals surface area contributed by atoms with Gasteiger partial charge in [-0.2, -0.15) is 0 Å². The van der Waals surface area contributed by atoms with Gasteiger partial charge in [-0.25, -0.2) is 0 Å². The van der Waals surface area contributed by atoms with Crippen LogP contribution >= 0.6 is 0 Å². The van der Waals surface area contributed by atoms with E-state index >= 15 is 0 Å². The zero-order chi connectivity index (χ0) is 20.6. The Labute approximate surface area is 169 Å². The maximum absolute atomic E-state index is 12.7. The molecule has 0 saturated heterocycles. The third-order valence-electron chi connectivity index (χ3n) is 4.37. The van der Waals surface area contributed by atoms with Crippen molar-refractivity contribution in [3.8, 4) is 11.5 Å². The van der Waals surface area contributed by atoms with E-state index in [-0.39, 0.29) is 11.8 Å². The molecule has 6 nitrogen and oxygen atoms in total. The fraction of sp³-hybridized carbons (Fsp3) is 0.130. The number of amides is 2. The van der Waals surface area contributed by atoms with Crippen molar-refractivity contribution in [3.63, 3.8) is 0 Å². The molecule has 0 spiro atoms. The second kappa shape index (κ2) is 9.41. The smallest absolute Gasteiger partial charge is 0.253 e. The first-order chi connectivity index (χ1) is 14.1. The van der Waals surface area contributed by atoms with Crippen LogP contribution in [-0.2, 0) is 0 Å². The van der Waals surface area contributed by atoms with E-state index in [1.165, 1.54) is 7.11 Å². The second-order valence-electron chi connectivity index (χ2n) is 6.22. The fourth-order valence-corrected chi connectivity index (χ4v) is 2.86. The fourth-order valence-electron chi connectivity index (χ4n) is 2.86. The molecule has 2 amide bonds. The molecule has 3 aromatic carbocycles. The summed E-state index contributed by atoms with van der Waals surface area (Å²) in [5.41, 5.74) is 1.57. The van der Waals surface area contributed by atoms with E-state index in [0.29, 0.717) is 28.2 Å². The van der Waals surface area contributed by atoms with Crippen LogP contribution < -0.4 is 20.1 Å². The average Bonchev–Trinajstić information content (AvgIpc) is 2.79. The van der Waals surface area contributed by atoms with Crippen LogP contribution in [0.15, 0.2) is 78.9 Å². The molecule has 0 saturated carbocycles. The minimum atomic E-state index is -0.809. The molecule has 0 aromatic heterocycles. The standard InChI is InChI=1S/C23H22N2O4/c1-28-18-13-14-19(20(15-18)29-2)21(24-22(26)16-9-5-3-6-10-16)25-23(27)17-11-7-4-8-12-17/h3-15,21H,1-2H3,(H,24,26)(H,25,27). The highest BCUT2D eigenvalue weighted by Crippen LogP contribution is 2.29.